The molecule has 0 bridgehead atoms. The van der Waals surface area contributed by atoms with E-state index < -0.39 is 0 Å². The molecule has 0 fully saturated rings. The minimum absolute atomic E-state index is 0.0401. The predicted molar refractivity (Wildman–Crippen MR) is 70.4 cm³/mol. The number of hydrogen-bond donors (Lipinski definition) is 0. The minimum atomic E-state index is -0.0401. The third kappa shape index (κ3) is 4.60. The van der Waals surface area contributed by atoms with Crippen molar-refractivity contribution in [2.45, 2.75) is 31.2 Å². The molecule has 0 aliphatic rings. The SMILES string of the molecule is CCCC[Te]/C(C)=C(\Cl)c1ccccc1. The van der Waals surface area contributed by atoms with Crippen LogP contribution < -0.4 is 0 Å². The zero-order valence-electron chi connectivity index (χ0n) is 9.29. The van der Waals surface area contributed by atoms with Crippen molar-refractivity contribution < 1.29 is 0 Å². The van der Waals surface area contributed by atoms with Gasteiger partial charge in [-0.2, -0.15) is 0 Å². The Balaban J connectivity index is 2.64. The predicted octanol–water partition coefficient (Wildman–Crippen LogP) is 4.54. The number of rotatable bonds is 5. The first-order valence-electron chi connectivity index (χ1n) is 5.30. The molecule has 0 aromatic heterocycles. The molecule has 82 valence electrons. The van der Waals surface area contributed by atoms with Gasteiger partial charge >= 0.3 is 108 Å². The Morgan fingerprint density at radius 1 is 1.27 bits per heavy atom. The third-order valence-electron chi connectivity index (χ3n) is 2.15. The van der Waals surface area contributed by atoms with Crippen LogP contribution in [0.1, 0.15) is 32.3 Å². The van der Waals surface area contributed by atoms with Gasteiger partial charge in [-0.25, -0.2) is 0 Å². The number of unbranched alkanes of at least 4 members (excludes halogenated alkanes) is 1. The zero-order chi connectivity index (χ0) is 11.1. The molecular weight excluding hydrogens is 319 g/mol. The normalized spacial score (nSPS) is 12.5. The van der Waals surface area contributed by atoms with Crippen molar-refractivity contribution in [1.82, 2.24) is 0 Å². The Labute approximate surface area is 108 Å². The van der Waals surface area contributed by atoms with Crippen molar-refractivity contribution >= 4 is 37.6 Å². The van der Waals surface area contributed by atoms with Crippen LogP contribution in [0.15, 0.2) is 34.0 Å². The van der Waals surface area contributed by atoms with Crippen LogP contribution in [0.2, 0.25) is 4.47 Å². The summed E-state index contributed by atoms with van der Waals surface area (Å²) in [5.74, 6) is 0. The molecule has 0 radical (unpaired) electrons. The number of halogens is 1. The molecule has 0 atom stereocenters. The first-order chi connectivity index (χ1) is 7.25. The van der Waals surface area contributed by atoms with Crippen molar-refractivity contribution in [2.24, 2.45) is 0 Å². The molecule has 0 heterocycles. The summed E-state index contributed by atoms with van der Waals surface area (Å²) in [6.07, 6.45) is 2.64. The molecular formula is C13H17ClTe. The molecule has 0 N–H and O–H groups in total. The second kappa shape index (κ2) is 7.34. The van der Waals surface area contributed by atoms with Crippen molar-refractivity contribution in [3.63, 3.8) is 0 Å². The summed E-state index contributed by atoms with van der Waals surface area (Å²) in [5.41, 5.74) is 1.17. The molecule has 0 aliphatic carbocycles. The fourth-order valence-electron chi connectivity index (χ4n) is 1.22. The zero-order valence-corrected chi connectivity index (χ0v) is 12.4. The van der Waals surface area contributed by atoms with Gasteiger partial charge in [-0.05, 0) is 0 Å². The van der Waals surface area contributed by atoms with Crippen molar-refractivity contribution in [3.05, 3.63) is 39.5 Å². The molecule has 0 saturated carbocycles. The molecule has 15 heavy (non-hydrogen) atoms. The van der Waals surface area contributed by atoms with Crippen LogP contribution in [-0.2, 0) is 0 Å². The Kier molecular flexibility index (Phi) is 6.41. The second-order valence-corrected chi connectivity index (χ2v) is 7.55. The molecule has 0 saturated heterocycles. The molecule has 2 heteroatoms. The van der Waals surface area contributed by atoms with Gasteiger partial charge in [0.25, 0.3) is 0 Å². The van der Waals surface area contributed by atoms with Gasteiger partial charge < -0.3 is 0 Å². The van der Waals surface area contributed by atoms with Gasteiger partial charge in [0, 0.05) is 0 Å². The van der Waals surface area contributed by atoms with Crippen molar-refractivity contribution in [1.29, 1.82) is 0 Å². The van der Waals surface area contributed by atoms with Gasteiger partial charge in [-0.1, -0.05) is 0 Å². The summed E-state index contributed by atoms with van der Waals surface area (Å²) in [6.45, 7) is 4.43. The summed E-state index contributed by atoms with van der Waals surface area (Å²) >= 11 is 6.31. The van der Waals surface area contributed by atoms with Crippen LogP contribution in [0.3, 0.4) is 0 Å². The summed E-state index contributed by atoms with van der Waals surface area (Å²) in [7, 11) is 0. The van der Waals surface area contributed by atoms with Crippen LogP contribution in [0, 0.1) is 0 Å². The van der Waals surface area contributed by atoms with Crippen LogP contribution in [-0.4, -0.2) is 20.9 Å². The maximum atomic E-state index is 6.35. The van der Waals surface area contributed by atoms with E-state index in [1.807, 2.05) is 18.2 Å². The van der Waals surface area contributed by atoms with Crippen molar-refractivity contribution in [3.8, 4) is 0 Å². The van der Waals surface area contributed by atoms with Crippen LogP contribution in [0.5, 0.6) is 0 Å². The summed E-state index contributed by atoms with van der Waals surface area (Å²) in [6, 6.07) is 10.3. The van der Waals surface area contributed by atoms with Crippen LogP contribution in [0.4, 0.5) is 0 Å². The van der Waals surface area contributed by atoms with Crippen molar-refractivity contribution in [2.75, 3.05) is 0 Å². The monoisotopic (exact) mass is 338 g/mol. The topological polar surface area (TPSA) is 0 Å². The number of benzene rings is 1. The summed E-state index contributed by atoms with van der Waals surface area (Å²) in [5, 5.41) is 0.981. The number of hydrogen-bond acceptors (Lipinski definition) is 0. The number of allylic oxidation sites excluding steroid dienone is 1. The Hall–Kier alpha value is 0.0396. The first kappa shape index (κ1) is 13.1. The van der Waals surface area contributed by atoms with Gasteiger partial charge in [0.1, 0.15) is 0 Å². The van der Waals surface area contributed by atoms with Crippen LogP contribution >= 0.6 is 11.6 Å². The summed E-state index contributed by atoms with van der Waals surface area (Å²) < 4.78 is 2.80. The molecule has 0 nitrogen and oxygen atoms in total. The Morgan fingerprint density at radius 2 is 1.93 bits per heavy atom. The van der Waals surface area contributed by atoms with Crippen LogP contribution in [0.25, 0.3) is 5.03 Å². The molecule has 0 unspecified atom stereocenters. The third-order valence-corrected chi connectivity index (χ3v) is 6.23. The van der Waals surface area contributed by atoms with E-state index >= 15 is 0 Å². The fourth-order valence-corrected chi connectivity index (χ4v) is 4.52. The molecule has 1 rings (SSSR count). The first-order valence-corrected chi connectivity index (χ1v) is 8.49. The molecule has 1 aromatic carbocycles. The standard InChI is InChI=1S/C13H17ClTe/c1-3-4-10-15-11(2)13(14)12-8-6-5-7-9-12/h5-9H,3-4,10H2,1-2H3/b13-11-. The Bertz CT molecular complexity index is 317. The Morgan fingerprint density at radius 3 is 2.53 bits per heavy atom. The van der Waals surface area contributed by atoms with Gasteiger partial charge in [0.15, 0.2) is 0 Å². The van der Waals surface area contributed by atoms with Gasteiger partial charge in [0.05, 0.1) is 0 Å². The molecule has 1 aromatic rings. The van der Waals surface area contributed by atoms with E-state index in [1.165, 1.54) is 26.5 Å². The van der Waals surface area contributed by atoms with E-state index in [0.29, 0.717) is 0 Å². The maximum absolute atomic E-state index is 6.35. The fraction of sp³-hybridized carbons (Fsp3) is 0.385. The molecule has 0 spiro atoms. The van der Waals surface area contributed by atoms with E-state index in [4.69, 9.17) is 11.6 Å². The average Bonchev–Trinajstić information content (AvgIpc) is 2.29. The van der Waals surface area contributed by atoms with E-state index in [0.717, 1.165) is 5.03 Å². The van der Waals surface area contributed by atoms with E-state index in [1.54, 1.807) is 0 Å². The van der Waals surface area contributed by atoms with E-state index in [2.05, 4.69) is 26.0 Å². The molecule has 0 aliphatic heterocycles. The molecule has 0 amide bonds. The van der Waals surface area contributed by atoms with Gasteiger partial charge in [-0.15, -0.1) is 0 Å². The average molecular weight is 336 g/mol. The summed E-state index contributed by atoms with van der Waals surface area (Å²) in [4.78, 5) is 0. The second-order valence-electron chi connectivity index (χ2n) is 3.44. The van der Waals surface area contributed by atoms with E-state index in [9.17, 15) is 0 Å². The van der Waals surface area contributed by atoms with Gasteiger partial charge in [0.2, 0.25) is 0 Å². The quantitative estimate of drug-likeness (QED) is 0.547. The van der Waals surface area contributed by atoms with Gasteiger partial charge in [-0.3, -0.25) is 0 Å². The van der Waals surface area contributed by atoms with E-state index in [-0.39, 0.29) is 20.9 Å².